The molecule has 1 atom stereocenters. The van der Waals surface area contributed by atoms with Gasteiger partial charge >= 0.3 is 12.3 Å². The maximum absolute atomic E-state index is 12.6. The van der Waals surface area contributed by atoms with Crippen LogP contribution in [0.3, 0.4) is 0 Å². The number of ether oxygens (including phenoxy) is 2. The third-order valence-electron chi connectivity index (χ3n) is 4.72. The summed E-state index contributed by atoms with van der Waals surface area (Å²) in [6.45, 7) is 6.81. The molecule has 1 aromatic heterocycles. The quantitative estimate of drug-likeness (QED) is 0.575. The van der Waals surface area contributed by atoms with Crippen molar-refractivity contribution in [2.75, 3.05) is 13.1 Å². The molecule has 6 nitrogen and oxygen atoms in total. The molecule has 0 bridgehead atoms. The van der Waals surface area contributed by atoms with Crippen LogP contribution in [0.5, 0.6) is 0 Å². The van der Waals surface area contributed by atoms with Gasteiger partial charge in [-0.1, -0.05) is 12.1 Å². The largest absolute Gasteiger partial charge is 0.445 e. The average Bonchev–Trinajstić information content (AvgIpc) is 3.17. The number of piperidine rings is 1. The van der Waals surface area contributed by atoms with Crippen LogP contribution in [0.1, 0.15) is 56.3 Å². The van der Waals surface area contributed by atoms with Crippen molar-refractivity contribution in [3.8, 4) is 0 Å². The summed E-state index contributed by atoms with van der Waals surface area (Å²) < 4.78 is 54.6. The first-order valence-corrected chi connectivity index (χ1v) is 10.4. The Morgan fingerprint density at radius 2 is 1.94 bits per heavy atom. The van der Waals surface area contributed by atoms with Crippen molar-refractivity contribution < 1.29 is 31.9 Å². The van der Waals surface area contributed by atoms with Crippen LogP contribution in [-0.2, 0) is 22.3 Å². The molecule has 1 unspecified atom stereocenters. The SMILES string of the molecule is CC(C)(C)OC(=O)N1CCCC(OCc2coc(/C=C/c3ccc(C(F)(F)F)cc3)n2)C1. The smallest absolute Gasteiger partial charge is 0.416 e. The lowest BCUT2D eigenvalue weighted by Crippen LogP contribution is -2.45. The molecule has 3 rings (SSSR count). The van der Waals surface area contributed by atoms with Crippen LogP contribution in [0, 0.1) is 0 Å². The minimum atomic E-state index is -4.36. The van der Waals surface area contributed by atoms with E-state index in [2.05, 4.69) is 4.98 Å². The van der Waals surface area contributed by atoms with E-state index in [1.807, 2.05) is 20.8 Å². The molecule has 174 valence electrons. The van der Waals surface area contributed by atoms with Crippen molar-refractivity contribution in [2.45, 2.75) is 58.1 Å². The molecule has 0 saturated carbocycles. The number of hydrogen-bond acceptors (Lipinski definition) is 5. The average molecular weight is 452 g/mol. The fourth-order valence-corrected chi connectivity index (χ4v) is 3.19. The van der Waals surface area contributed by atoms with Gasteiger partial charge in [-0.15, -0.1) is 0 Å². The van der Waals surface area contributed by atoms with Crippen molar-refractivity contribution in [3.05, 3.63) is 53.2 Å². The Morgan fingerprint density at radius 1 is 1.22 bits per heavy atom. The molecule has 0 aliphatic carbocycles. The van der Waals surface area contributed by atoms with Gasteiger partial charge in [0.25, 0.3) is 0 Å². The molecule has 32 heavy (non-hydrogen) atoms. The molecule has 1 amide bonds. The first-order valence-electron chi connectivity index (χ1n) is 10.4. The van der Waals surface area contributed by atoms with Crippen LogP contribution >= 0.6 is 0 Å². The van der Waals surface area contributed by atoms with Gasteiger partial charge in [-0.3, -0.25) is 0 Å². The summed E-state index contributed by atoms with van der Waals surface area (Å²) in [4.78, 5) is 18.2. The highest BCUT2D eigenvalue weighted by atomic mass is 19.4. The van der Waals surface area contributed by atoms with E-state index in [9.17, 15) is 18.0 Å². The van der Waals surface area contributed by atoms with Gasteiger partial charge in [0.15, 0.2) is 0 Å². The highest BCUT2D eigenvalue weighted by Crippen LogP contribution is 2.29. The number of aromatic nitrogens is 1. The summed E-state index contributed by atoms with van der Waals surface area (Å²) in [6.07, 6.45) is 1.50. The summed E-state index contributed by atoms with van der Waals surface area (Å²) in [6, 6.07) is 4.82. The molecule has 1 aromatic carbocycles. The van der Waals surface area contributed by atoms with Crippen LogP contribution in [0.25, 0.3) is 12.2 Å². The number of likely N-dealkylation sites (tertiary alicyclic amines) is 1. The van der Waals surface area contributed by atoms with Crippen molar-refractivity contribution >= 4 is 18.2 Å². The molecule has 1 fully saturated rings. The van der Waals surface area contributed by atoms with Gasteiger partial charge < -0.3 is 18.8 Å². The van der Waals surface area contributed by atoms with Gasteiger partial charge in [0.2, 0.25) is 5.89 Å². The number of benzene rings is 1. The van der Waals surface area contributed by atoms with E-state index in [4.69, 9.17) is 13.9 Å². The first kappa shape index (κ1) is 23.8. The lowest BCUT2D eigenvalue weighted by molar-refractivity contribution is -0.137. The number of amides is 1. The maximum Gasteiger partial charge on any atom is 0.416 e. The number of hydrogen-bond donors (Lipinski definition) is 0. The van der Waals surface area contributed by atoms with Crippen molar-refractivity contribution in [1.82, 2.24) is 9.88 Å². The topological polar surface area (TPSA) is 64.8 Å². The summed E-state index contributed by atoms with van der Waals surface area (Å²) in [7, 11) is 0. The first-order chi connectivity index (χ1) is 15.0. The number of carbonyl (C=O) groups excluding carboxylic acids is 1. The van der Waals surface area contributed by atoms with E-state index < -0.39 is 17.3 Å². The van der Waals surface area contributed by atoms with Gasteiger partial charge in [-0.05, 0) is 57.4 Å². The van der Waals surface area contributed by atoms with Gasteiger partial charge in [-0.25, -0.2) is 9.78 Å². The molecule has 2 aromatic rings. The molecule has 0 N–H and O–H groups in total. The Morgan fingerprint density at radius 3 is 2.59 bits per heavy atom. The fourth-order valence-electron chi connectivity index (χ4n) is 3.19. The molecule has 0 radical (unpaired) electrons. The zero-order valence-corrected chi connectivity index (χ0v) is 18.3. The zero-order chi connectivity index (χ0) is 23.4. The van der Waals surface area contributed by atoms with Gasteiger partial charge in [0.1, 0.15) is 17.6 Å². The van der Waals surface area contributed by atoms with E-state index >= 15 is 0 Å². The standard InChI is InChI=1S/C23H27F3N2O4/c1-22(2,3)32-21(29)28-12-4-5-19(13-28)30-14-18-15-31-20(27-18)11-8-16-6-9-17(10-7-16)23(24,25)26/h6-11,15,19H,4-5,12-14H2,1-3H3/b11-8+. The van der Waals surface area contributed by atoms with Crippen molar-refractivity contribution in [2.24, 2.45) is 0 Å². The van der Waals surface area contributed by atoms with Crippen LogP contribution in [0.4, 0.5) is 18.0 Å². The van der Waals surface area contributed by atoms with E-state index in [0.717, 1.165) is 25.0 Å². The van der Waals surface area contributed by atoms with Gasteiger partial charge in [-0.2, -0.15) is 13.2 Å². The van der Waals surface area contributed by atoms with Crippen molar-refractivity contribution in [3.63, 3.8) is 0 Å². The van der Waals surface area contributed by atoms with E-state index in [1.165, 1.54) is 18.4 Å². The summed E-state index contributed by atoms with van der Waals surface area (Å²) in [5, 5.41) is 0. The third-order valence-corrected chi connectivity index (χ3v) is 4.72. The predicted molar refractivity (Wildman–Crippen MR) is 112 cm³/mol. The number of carbonyl (C=O) groups is 1. The molecule has 1 aliphatic heterocycles. The number of halogens is 3. The summed E-state index contributed by atoms with van der Waals surface area (Å²) in [5.74, 6) is 0.322. The Hall–Kier alpha value is -2.81. The maximum atomic E-state index is 12.6. The Bertz CT molecular complexity index is 930. The Kier molecular flexibility index (Phi) is 7.28. The molecule has 1 aliphatic rings. The van der Waals surface area contributed by atoms with Crippen LogP contribution in [0.2, 0.25) is 0 Å². The van der Waals surface area contributed by atoms with Crippen LogP contribution in [0.15, 0.2) is 34.9 Å². The molecular weight excluding hydrogens is 425 g/mol. The second-order valence-electron chi connectivity index (χ2n) is 8.63. The third kappa shape index (κ3) is 7.12. The second kappa shape index (κ2) is 9.77. The number of oxazole rings is 1. The Labute approximate surface area is 185 Å². The van der Waals surface area contributed by atoms with Gasteiger partial charge in [0, 0.05) is 12.6 Å². The highest BCUT2D eigenvalue weighted by Gasteiger charge is 2.30. The predicted octanol–water partition coefficient (Wildman–Crippen LogP) is 5.78. The lowest BCUT2D eigenvalue weighted by atomic mass is 10.1. The van der Waals surface area contributed by atoms with Crippen LogP contribution < -0.4 is 0 Å². The van der Waals surface area contributed by atoms with Crippen LogP contribution in [-0.4, -0.2) is 40.8 Å². The minimum Gasteiger partial charge on any atom is -0.445 e. The summed E-state index contributed by atoms with van der Waals surface area (Å²) >= 11 is 0. The molecular formula is C23H27F3N2O4. The minimum absolute atomic E-state index is 0.126. The monoisotopic (exact) mass is 452 g/mol. The van der Waals surface area contributed by atoms with E-state index in [-0.39, 0.29) is 18.8 Å². The lowest BCUT2D eigenvalue weighted by Gasteiger charge is -2.33. The van der Waals surface area contributed by atoms with E-state index in [1.54, 1.807) is 17.1 Å². The molecule has 9 heteroatoms. The number of alkyl halides is 3. The summed E-state index contributed by atoms with van der Waals surface area (Å²) in [5.41, 5.74) is -0.0568. The van der Waals surface area contributed by atoms with Crippen molar-refractivity contribution in [1.29, 1.82) is 0 Å². The molecule has 0 spiro atoms. The molecule has 2 heterocycles. The second-order valence-corrected chi connectivity index (χ2v) is 8.63. The highest BCUT2D eigenvalue weighted by molar-refractivity contribution is 5.68. The van der Waals surface area contributed by atoms with Gasteiger partial charge in [0.05, 0.1) is 24.8 Å². The normalized spacial score (nSPS) is 17.7. The molecule has 1 saturated heterocycles. The number of rotatable bonds is 5. The fraction of sp³-hybridized carbons (Fsp3) is 0.478. The Balaban J connectivity index is 1.50. The van der Waals surface area contributed by atoms with E-state index in [0.29, 0.717) is 30.2 Å². The number of nitrogens with zero attached hydrogens (tertiary/aromatic N) is 2. The zero-order valence-electron chi connectivity index (χ0n) is 18.3.